The van der Waals surface area contributed by atoms with E-state index in [1.807, 2.05) is 0 Å². The summed E-state index contributed by atoms with van der Waals surface area (Å²) in [6.45, 7) is 2.00. The van der Waals surface area contributed by atoms with Gasteiger partial charge in [-0.15, -0.1) is 0 Å². The highest BCUT2D eigenvalue weighted by Crippen LogP contribution is 2.24. The molecule has 0 saturated heterocycles. The summed E-state index contributed by atoms with van der Waals surface area (Å²) in [6, 6.07) is 0. The molecule has 0 N–H and O–H groups in total. The van der Waals surface area contributed by atoms with E-state index in [0.717, 1.165) is 24.5 Å². The third kappa shape index (κ3) is 5.69. The molecule has 2 heteroatoms. The van der Waals surface area contributed by atoms with Crippen molar-refractivity contribution >= 4 is 15.9 Å². The van der Waals surface area contributed by atoms with Crippen LogP contribution in [0.5, 0.6) is 0 Å². The van der Waals surface area contributed by atoms with Gasteiger partial charge in [0.1, 0.15) is 0 Å². The van der Waals surface area contributed by atoms with Gasteiger partial charge in [-0.05, 0) is 31.6 Å². The Hall–Kier alpha value is 0.440. The van der Waals surface area contributed by atoms with Gasteiger partial charge in [0.05, 0.1) is 0 Å². The minimum absolute atomic E-state index is 0.885. The van der Waals surface area contributed by atoms with E-state index in [-0.39, 0.29) is 0 Å². The van der Waals surface area contributed by atoms with Crippen LogP contribution in [0.4, 0.5) is 0 Å². The summed E-state index contributed by atoms with van der Waals surface area (Å²) in [5, 5.41) is 1.13. The van der Waals surface area contributed by atoms with Crippen molar-refractivity contribution in [1.29, 1.82) is 0 Å². The van der Waals surface area contributed by atoms with Gasteiger partial charge in [-0.3, -0.25) is 0 Å². The molecule has 1 aliphatic carbocycles. The Bertz CT molecular complexity index is 111. The van der Waals surface area contributed by atoms with Gasteiger partial charge in [-0.2, -0.15) is 0 Å². The first-order chi connectivity index (χ1) is 6.43. The Morgan fingerprint density at radius 3 is 2.54 bits per heavy atom. The molecule has 0 amide bonds. The van der Waals surface area contributed by atoms with Gasteiger partial charge in [0, 0.05) is 18.5 Å². The molecule has 1 nitrogen and oxygen atoms in total. The quantitative estimate of drug-likeness (QED) is 0.493. The van der Waals surface area contributed by atoms with Crippen LogP contribution in [0.1, 0.15) is 44.9 Å². The molecule has 0 aromatic rings. The third-order valence-corrected chi connectivity index (χ3v) is 3.31. The second-order valence-electron chi connectivity index (χ2n) is 3.98. The van der Waals surface area contributed by atoms with Crippen molar-refractivity contribution in [2.75, 3.05) is 18.5 Å². The molecule has 0 radical (unpaired) electrons. The van der Waals surface area contributed by atoms with E-state index >= 15 is 0 Å². The van der Waals surface area contributed by atoms with Gasteiger partial charge in [0.25, 0.3) is 0 Å². The SMILES string of the molecule is BrCCCCCOCC1CCCC1. The molecular weight excluding hydrogens is 228 g/mol. The van der Waals surface area contributed by atoms with Crippen LogP contribution < -0.4 is 0 Å². The fourth-order valence-electron chi connectivity index (χ4n) is 1.90. The summed E-state index contributed by atoms with van der Waals surface area (Å²) in [5.74, 6) is 0.885. The molecule has 0 unspecified atom stereocenters. The minimum atomic E-state index is 0.885. The molecule has 0 aliphatic heterocycles. The lowest BCUT2D eigenvalue weighted by molar-refractivity contribution is 0.0982. The number of alkyl halides is 1. The van der Waals surface area contributed by atoms with E-state index in [4.69, 9.17) is 4.74 Å². The van der Waals surface area contributed by atoms with Crippen LogP contribution in [0.3, 0.4) is 0 Å². The molecule has 0 aromatic heterocycles. The lowest BCUT2D eigenvalue weighted by atomic mass is 10.1. The van der Waals surface area contributed by atoms with Gasteiger partial charge >= 0.3 is 0 Å². The highest BCUT2D eigenvalue weighted by Gasteiger charge is 2.14. The molecule has 1 fully saturated rings. The van der Waals surface area contributed by atoms with Crippen molar-refractivity contribution in [2.45, 2.75) is 44.9 Å². The molecule has 0 bridgehead atoms. The zero-order valence-electron chi connectivity index (χ0n) is 8.43. The maximum atomic E-state index is 5.65. The van der Waals surface area contributed by atoms with Crippen LogP contribution in [0, 0.1) is 5.92 Å². The van der Waals surface area contributed by atoms with Crippen molar-refractivity contribution in [3.63, 3.8) is 0 Å². The Kier molecular flexibility index (Phi) is 6.92. The Labute approximate surface area is 90.4 Å². The van der Waals surface area contributed by atoms with Crippen LogP contribution in [0.2, 0.25) is 0 Å². The van der Waals surface area contributed by atoms with Crippen LogP contribution in [-0.2, 0) is 4.74 Å². The van der Waals surface area contributed by atoms with Crippen LogP contribution in [-0.4, -0.2) is 18.5 Å². The largest absolute Gasteiger partial charge is 0.381 e. The molecule has 1 saturated carbocycles. The van der Waals surface area contributed by atoms with Gasteiger partial charge < -0.3 is 4.74 Å². The zero-order chi connectivity index (χ0) is 9.36. The van der Waals surface area contributed by atoms with Crippen molar-refractivity contribution in [1.82, 2.24) is 0 Å². The van der Waals surface area contributed by atoms with E-state index in [1.165, 1.54) is 44.9 Å². The van der Waals surface area contributed by atoms with Gasteiger partial charge in [0.2, 0.25) is 0 Å². The summed E-state index contributed by atoms with van der Waals surface area (Å²) in [4.78, 5) is 0. The number of unbranched alkanes of at least 4 members (excludes halogenated alkanes) is 2. The molecule has 13 heavy (non-hydrogen) atoms. The second kappa shape index (κ2) is 7.81. The lowest BCUT2D eigenvalue weighted by Gasteiger charge is -2.09. The predicted molar refractivity (Wildman–Crippen MR) is 60.4 cm³/mol. The summed E-state index contributed by atoms with van der Waals surface area (Å²) in [5.41, 5.74) is 0. The summed E-state index contributed by atoms with van der Waals surface area (Å²) < 4.78 is 5.65. The number of ether oxygens (including phenoxy) is 1. The van der Waals surface area contributed by atoms with Crippen LogP contribution in [0.15, 0.2) is 0 Å². The van der Waals surface area contributed by atoms with E-state index in [0.29, 0.717) is 0 Å². The topological polar surface area (TPSA) is 9.23 Å². The highest BCUT2D eigenvalue weighted by atomic mass is 79.9. The molecule has 1 aliphatic rings. The van der Waals surface area contributed by atoms with Gasteiger partial charge in [-0.25, -0.2) is 0 Å². The highest BCUT2D eigenvalue weighted by molar-refractivity contribution is 9.09. The molecule has 0 atom stereocenters. The van der Waals surface area contributed by atoms with Crippen molar-refractivity contribution in [2.24, 2.45) is 5.92 Å². The monoisotopic (exact) mass is 248 g/mol. The average molecular weight is 249 g/mol. The smallest absolute Gasteiger partial charge is 0.0494 e. The van der Waals surface area contributed by atoms with Gasteiger partial charge in [-0.1, -0.05) is 35.2 Å². The van der Waals surface area contributed by atoms with Crippen LogP contribution >= 0.6 is 15.9 Å². The number of hydrogen-bond donors (Lipinski definition) is 0. The van der Waals surface area contributed by atoms with Crippen molar-refractivity contribution < 1.29 is 4.74 Å². The van der Waals surface area contributed by atoms with E-state index in [9.17, 15) is 0 Å². The standard InChI is InChI=1S/C11H21BrO/c12-8-4-1-5-9-13-10-11-6-2-3-7-11/h11H,1-10H2. The van der Waals surface area contributed by atoms with E-state index < -0.39 is 0 Å². The fraction of sp³-hybridized carbons (Fsp3) is 1.00. The lowest BCUT2D eigenvalue weighted by Crippen LogP contribution is -2.06. The summed E-state index contributed by atoms with van der Waals surface area (Å²) in [6.07, 6.45) is 9.49. The molecule has 78 valence electrons. The Morgan fingerprint density at radius 2 is 1.85 bits per heavy atom. The predicted octanol–water partition coefficient (Wildman–Crippen LogP) is 3.76. The van der Waals surface area contributed by atoms with E-state index in [1.54, 1.807) is 0 Å². The maximum absolute atomic E-state index is 5.65. The first kappa shape index (κ1) is 11.5. The molecule has 0 spiro atoms. The molecular formula is C11H21BrO. The first-order valence-electron chi connectivity index (χ1n) is 5.57. The number of hydrogen-bond acceptors (Lipinski definition) is 1. The minimum Gasteiger partial charge on any atom is -0.381 e. The summed E-state index contributed by atoms with van der Waals surface area (Å²) >= 11 is 3.43. The fourth-order valence-corrected chi connectivity index (χ4v) is 2.30. The Balaban J connectivity index is 1.78. The third-order valence-electron chi connectivity index (χ3n) is 2.75. The molecule has 1 rings (SSSR count). The van der Waals surface area contributed by atoms with Gasteiger partial charge in [0.15, 0.2) is 0 Å². The molecule has 0 aromatic carbocycles. The zero-order valence-corrected chi connectivity index (χ0v) is 10.0. The van der Waals surface area contributed by atoms with Crippen molar-refractivity contribution in [3.8, 4) is 0 Å². The van der Waals surface area contributed by atoms with Crippen molar-refractivity contribution in [3.05, 3.63) is 0 Å². The van der Waals surface area contributed by atoms with Crippen LogP contribution in [0.25, 0.3) is 0 Å². The van der Waals surface area contributed by atoms with E-state index in [2.05, 4.69) is 15.9 Å². The average Bonchev–Trinajstić information content (AvgIpc) is 2.63. The number of rotatable bonds is 7. The normalized spacial score (nSPS) is 18.2. The second-order valence-corrected chi connectivity index (χ2v) is 4.77. The number of halogens is 1. The molecule has 0 heterocycles. The Morgan fingerprint density at radius 1 is 1.08 bits per heavy atom. The maximum Gasteiger partial charge on any atom is 0.0494 e. The first-order valence-corrected chi connectivity index (χ1v) is 6.69. The summed E-state index contributed by atoms with van der Waals surface area (Å²) in [7, 11) is 0.